The number of carbonyl (C=O) groups excluding carboxylic acids is 1. The number of amides is 1. The van der Waals surface area contributed by atoms with Crippen LogP contribution in [0.1, 0.15) is 32.5 Å². The molecule has 0 unspecified atom stereocenters. The van der Waals surface area contributed by atoms with Gasteiger partial charge in [0.15, 0.2) is 5.75 Å². The topological polar surface area (TPSA) is 64.1 Å². The van der Waals surface area contributed by atoms with E-state index in [-0.39, 0.29) is 11.8 Å². The number of carbonyl (C=O) groups is 1. The van der Waals surface area contributed by atoms with Crippen LogP contribution < -0.4 is 10.1 Å². The van der Waals surface area contributed by atoms with E-state index in [0.717, 1.165) is 0 Å². The van der Waals surface area contributed by atoms with E-state index in [1.807, 2.05) is 26.0 Å². The zero-order valence-corrected chi connectivity index (χ0v) is 12.8. The lowest BCUT2D eigenvalue weighted by molar-refractivity contribution is -0.114. The molecule has 110 valence electrons. The predicted molar refractivity (Wildman–Crippen MR) is 82.0 cm³/mol. The predicted octanol–water partition coefficient (Wildman–Crippen LogP) is 4.00. The standard InChI is InChI=1S/C15H16ClN3O2/c1-9(2)15-18-13(16)8-14(19-15)21-12-7-5-4-6-11(12)17-10(3)20/h4-9H,1-3H3,(H,17,20). The van der Waals surface area contributed by atoms with Crippen LogP contribution >= 0.6 is 11.6 Å². The van der Waals surface area contributed by atoms with Crippen LogP contribution in [0.25, 0.3) is 0 Å². The molecule has 0 fully saturated rings. The van der Waals surface area contributed by atoms with Gasteiger partial charge in [-0.25, -0.2) is 4.98 Å². The summed E-state index contributed by atoms with van der Waals surface area (Å²) in [6.07, 6.45) is 0. The van der Waals surface area contributed by atoms with Crippen molar-refractivity contribution in [2.24, 2.45) is 0 Å². The zero-order valence-electron chi connectivity index (χ0n) is 12.1. The van der Waals surface area contributed by atoms with Gasteiger partial charge in [0.05, 0.1) is 5.69 Å². The first-order valence-corrected chi connectivity index (χ1v) is 6.92. The molecule has 0 radical (unpaired) electrons. The van der Waals surface area contributed by atoms with Gasteiger partial charge in [0.2, 0.25) is 11.8 Å². The van der Waals surface area contributed by atoms with Crippen LogP contribution in [0.4, 0.5) is 5.69 Å². The third kappa shape index (κ3) is 4.16. The molecule has 0 bridgehead atoms. The highest BCUT2D eigenvalue weighted by Gasteiger charge is 2.11. The molecule has 0 spiro atoms. The molecule has 0 saturated heterocycles. The minimum absolute atomic E-state index is 0.136. The van der Waals surface area contributed by atoms with Crippen molar-refractivity contribution in [3.63, 3.8) is 0 Å². The summed E-state index contributed by atoms with van der Waals surface area (Å²) in [5.41, 5.74) is 0.575. The molecule has 1 aromatic heterocycles. The molecule has 0 atom stereocenters. The maximum atomic E-state index is 11.2. The molecule has 21 heavy (non-hydrogen) atoms. The molecule has 0 aliphatic carbocycles. The fourth-order valence-electron chi connectivity index (χ4n) is 1.69. The second kappa shape index (κ2) is 6.54. The van der Waals surface area contributed by atoms with Gasteiger partial charge < -0.3 is 10.1 Å². The van der Waals surface area contributed by atoms with Gasteiger partial charge in [-0.1, -0.05) is 37.6 Å². The molecule has 2 aromatic rings. The number of aromatic nitrogens is 2. The fourth-order valence-corrected chi connectivity index (χ4v) is 1.87. The van der Waals surface area contributed by atoms with E-state index in [0.29, 0.717) is 28.3 Å². The Labute approximate surface area is 128 Å². The van der Waals surface area contributed by atoms with Gasteiger partial charge in [0.25, 0.3) is 0 Å². The van der Waals surface area contributed by atoms with E-state index in [9.17, 15) is 4.79 Å². The number of halogens is 1. The Hall–Kier alpha value is -2.14. The molecule has 2 rings (SSSR count). The molecule has 0 aliphatic heterocycles. The Morgan fingerprint density at radius 2 is 2.00 bits per heavy atom. The second-order valence-corrected chi connectivity index (χ2v) is 5.21. The Kier molecular flexibility index (Phi) is 4.75. The third-order valence-electron chi connectivity index (χ3n) is 2.62. The van der Waals surface area contributed by atoms with Crippen LogP contribution in [0.3, 0.4) is 0 Å². The lowest BCUT2D eigenvalue weighted by atomic mass is 10.2. The van der Waals surface area contributed by atoms with Gasteiger partial charge in [-0.15, -0.1) is 0 Å². The summed E-state index contributed by atoms with van der Waals surface area (Å²) in [5.74, 6) is 1.41. The number of ether oxygens (including phenoxy) is 1. The summed E-state index contributed by atoms with van der Waals surface area (Å²) in [4.78, 5) is 19.7. The van der Waals surface area contributed by atoms with Gasteiger partial charge in [0.1, 0.15) is 11.0 Å². The highest BCUT2D eigenvalue weighted by Crippen LogP contribution is 2.29. The molecule has 6 heteroatoms. The van der Waals surface area contributed by atoms with Crippen LogP contribution in [0.5, 0.6) is 11.6 Å². The summed E-state index contributed by atoms with van der Waals surface area (Å²) in [6, 6.07) is 8.66. The number of hydrogen-bond donors (Lipinski definition) is 1. The van der Waals surface area contributed by atoms with Crippen LogP contribution in [0.15, 0.2) is 30.3 Å². The number of para-hydroxylation sites is 2. The normalized spacial score (nSPS) is 10.5. The van der Waals surface area contributed by atoms with E-state index in [4.69, 9.17) is 16.3 Å². The summed E-state index contributed by atoms with van der Waals surface area (Å²) in [6.45, 7) is 5.39. The Balaban J connectivity index is 2.32. The second-order valence-electron chi connectivity index (χ2n) is 4.82. The van der Waals surface area contributed by atoms with Gasteiger partial charge in [-0.2, -0.15) is 4.98 Å². The molecule has 1 aromatic carbocycles. The lowest BCUT2D eigenvalue weighted by Gasteiger charge is -2.12. The number of rotatable bonds is 4. The van der Waals surface area contributed by atoms with Gasteiger partial charge in [0, 0.05) is 18.9 Å². The first-order valence-electron chi connectivity index (χ1n) is 6.54. The average Bonchev–Trinajstić information content (AvgIpc) is 2.39. The van der Waals surface area contributed by atoms with Gasteiger partial charge in [-0.3, -0.25) is 4.79 Å². The molecular formula is C15H16ClN3O2. The molecule has 0 aliphatic rings. The average molecular weight is 306 g/mol. The summed E-state index contributed by atoms with van der Waals surface area (Å²) >= 11 is 5.98. The minimum Gasteiger partial charge on any atom is -0.437 e. The molecular weight excluding hydrogens is 290 g/mol. The van der Waals surface area contributed by atoms with Gasteiger partial charge >= 0.3 is 0 Å². The van der Waals surface area contributed by atoms with Crippen LogP contribution in [-0.2, 0) is 4.79 Å². The number of nitrogens with one attached hydrogen (secondary N) is 1. The van der Waals surface area contributed by atoms with Crippen molar-refractivity contribution >= 4 is 23.2 Å². The van der Waals surface area contributed by atoms with Crippen molar-refractivity contribution in [2.75, 3.05) is 5.32 Å². The van der Waals surface area contributed by atoms with Crippen molar-refractivity contribution in [3.8, 4) is 11.6 Å². The van der Waals surface area contributed by atoms with Gasteiger partial charge in [-0.05, 0) is 12.1 Å². The van der Waals surface area contributed by atoms with Crippen molar-refractivity contribution in [1.29, 1.82) is 0 Å². The van der Waals surface area contributed by atoms with Crippen LogP contribution in [-0.4, -0.2) is 15.9 Å². The number of hydrogen-bond acceptors (Lipinski definition) is 4. The van der Waals surface area contributed by atoms with E-state index >= 15 is 0 Å². The van der Waals surface area contributed by atoms with Crippen molar-refractivity contribution < 1.29 is 9.53 Å². The number of nitrogens with zero attached hydrogens (tertiary/aromatic N) is 2. The maximum absolute atomic E-state index is 11.2. The monoisotopic (exact) mass is 305 g/mol. The molecule has 1 heterocycles. The Morgan fingerprint density at radius 1 is 1.29 bits per heavy atom. The summed E-state index contributed by atoms with van der Waals surface area (Å²) < 4.78 is 5.73. The highest BCUT2D eigenvalue weighted by atomic mass is 35.5. The fraction of sp³-hybridized carbons (Fsp3) is 0.267. The molecule has 5 nitrogen and oxygen atoms in total. The maximum Gasteiger partial charge on any atom is 0.224 e. The number of anilines is 1. The SMILES string of the molecule is CC(=O)Nc1ccccc1Oc1cc(Cl)nc(C(C)C)n1. The highest BCUT2D eigenvalue weighted by molar-refractivity contribution is 6.29. The molecule has 1 N–H and O–H groups in total. The van der Waals surface area contributed by atoms with Crippen LogP contribution in [0, 0.1) is 0 Å². The quantitative estimate of drug-likeness (QED) is 0.867. The molecule has 1 amide bonds. The lowest BCUT2D eigenvalue weighted by Crippen LogP contribution is -2.07. The van der Waals surface area contributed by atoms with Crippen LogP contribution in [0.2, 0.25) is 5.15 Å². The van der Waals surface area contributed by atoms with Crippen molar-refractivity contribution in [1.82, 2.24) is 9.97 Å². The largest absolute Gasteiger partial charge is 0.437 e. The first kappa shape index (κ1) is 15.3. The molecule has 0 saturated carbocycles. The zero-order chi connectivity index (χ0) is 15.4. The minimum atomic E-state index is -0.172. The smallest absolute Gasteiger partial charge is 0.224 e. The number of benzene rings is 1. The first-order chi connectivity index (χ1) is 9.95. The summed E-state index contributed by atoms with van der Waals surface area (Å²) in [7, 11) is 0. The van der Waals surface area contributed by atoms with E-state index in [1.165, 1.54) is 13.0 Å². The Morgan fingerprint density at radius 3 is 2.67 bits per heavy atom. The van der Waals surface area contributed by atoms with Crippen molar-refractivity contribution in [3.05, 3.63) is 41.3 Å². The van der Waals surface area contributed by atoms with E-state index in [2.05, 4.69) is 15.3 Å². The van der Waals surface area contributed by atoms with E-state index < -0.39 is 0 Å². The Bertz CT molecular complexity index is 659. The summed E-state index contributed by atoms with van der Waals surface area (Å²) in [5, 5.41) is 3.03. The van der Waals surface area contributed by atoms with E-state index in [1.54, 1.807) is 12.1 Å². The van der Waals surface area contributed by atoms with Crippen molar-refractivity contribution in [2.45, 2.75) is 26.7 Å². The third-order valence-corrected chi connectivity index (χ3v) is 2.81.